The summed E-state index contributed by atoms with van der Waals surface area (Å²) in [4.78, 5) is 2.51. The van der Waals surface area contributed by atoms with Gasteiger partial charge < -0.3 is 15.4 Å². The van der Waals surface area contributed by atoms with Gasteiger partial charge in [-0.3, -0.25) is 4.90 Å². The van der Waals surface area contributed by atoms with Crippen molar-refractivity contribution in [2.75, 3.05) is 39.3 Å². The Kier molecular flexibility index (Phi) is 6.86. The lowest BCUT2D eigenvalue weighted by Crippen LogP contribution is -2.45. The topological polar surface area (TPSA) is 36.5 Å². The van der Waals surface area contributed by atoms with Crippen molar-refractivity contribution in [3.8, 4) is 5.75 Å². The monoisotopic (exact) mass is 339 g/mol. The average molecular weight is 339 g/mol. The highest BCUT2D eigenvalue weighted by atomic mass is 16.5. The second-order valence-corrected chi connectivity index (χ2v) is 6.69. The summed E-state index contributed by atoms with van der Waals surface area (Å²) in [5.41, 5.74) is 3.77. The van der Waals surface area contributed by atoms with E-state index in [1.54, 1.807) is 0 Å². The Morgan fingerprint density at radius 1 is 0.960 bits per heavy atom. The molecule has 1 heterocycles. The van der Waals surface area contributed by atoms with Gasteiger partial charge in [-0.05, 0) is 30.2 Å². The molecule has 1 fully saturated rings. The van der Waals surface area contributed by atoms with Crippen molar-refractivity contribution in [3.05, 3.63) is 65.2 Å². The number of rotatable bonds is 8. The van der Waals surface area contributed by atoms with Crippen molar-refractivity contribution in [3.63, 3.8) is 0 Å². The predicted octanol–water partition coefficient (Wildman–Crippen LogP) is 2.57. The minimum absolute atomic E-state index is 0.614. The Balaban J connectivity index is 1.35. The molecule has 0 saturated carbocycles. The Bertz CT molecular complexity index is 619. The number of ether oxygens (including phenoxy) is 1. The zero-order valence-corrected chi connectivity index (χ0v) is 15.1. The van der Waals surface area contributed by atoms with Crippen LogP contribution in [-0.4, -0.2) is 44.2 Å². The van der Waals surface area contributed by atoms with Crippen molar-refractivity contribution in [1.82, 2.24) is 15.5 Å². The fourth-order valence-electron chi connectivity index (χ4n) is 2.96. The van der Waals surface area contributed by atoms with E-state index < -0.39 is 0 Å². The van der Waals surface area contributed by atoms with Gasteiger partial charge in [0.1, 0.15) is 12.4 Å². The van der Waals surface area contributed by atoms with Gasteiger partial charge in [-0.25, -0.2) is 0 Å². The van der Waals surface area contributed by atoms with Crippen molar-refractivity contribution in [2.45, 2.75) is 20.1 Å². The highest BCUT2D eigenvalue weighted by Crippen LogP contribution is 2.14. The lowest BCUT2D eigenvalue weighted by molar-refractivity contribution is 0.241. The molecule has 1 saturated heterocycles. The van der Waals surface area contributed by atoms with Gasteiger partial charge in [-0.15, -0.1) is 0 Å². The maximum Gasteiger partial charge on any atom is 0.119 e. The van der Waals surface area contributed by atoms with Crippen LogP contribution < -0.4 is 15.4 Å². The first-order valence-electron chi connectivity index (χ1n) is 9.21. The molecule has 4 heteroatoms. The standard InChI is InChI=1S/C21H29N3O/c1-18-2-4-20(5-3-18)17-25-21-8-6-19(7-9-21)16-23-12-15-24-13-10-22-11-14-24/h2-9,22-23H,10-17H2,1H3. The van der Waals surface area contributed by atoms with Crippen LogP contribution in [0.15, 0.2) is 48.5 Å². The first kappa shape index (κ1) is 17.9. The summed E-state index contributed by atoms with van der Waals surface area (Å²) in [5, 5.41) is 6.91. The maximum atomic E-state index is 5.86. The van der Waals surface area contributed by atoms with E-state index >= 15 is 0 Å². The van der Waals surface area contributed by atoms with E-state index in [9.17, 15) is 0 Å². The molecular formula is C21H29N3O. The minimum atomic E-state index is 0.614. The molecule has 2 aromatic carbocycles. The molecule has 0 amide bonds. The average Bonchev–Trinajstić information content (AvgIpc) is 2.67. The molecule has 4 nitrogen and oxygen atoms in total. The van der Waals surface area contributed by atoms with Crippen molar-refractivity contribution >= 4 is 0 Å². The van der Waals surface area contributed by atoms with E-state index in [0.29, 0.717) is 6.61 Å². The quantitative estimate of drug-likeness (QED) is 0.725. The molecule has 134 valence electrons. The molecule has 2 N–H and O–H groups in total. The van der Waals surface area contributed by atoms with Gasteiger partial charge in [-0.1, -0.05) is 42.0 Å². The fraction of sp³-hybridized carbons (Fsp3) is 0.429. The van der Waals surface area contributed by atoms with Crippen molar-refractivity contribution in [2.24, 2.45) is 0 Å². The number of hydrogen-bond donors (Lipinski definition) is 2. The van der Waals surface area contributed by atoms with Gasteiger partial charge >= 0.3 is 0 Å². The van der Waals surface area contributed by atoms with Gasteiger partial charge in [0.05, 0.1) is 0 Å². The van der Waals surface area contributed by atoms with Crippen LogP contribution in [0.25, 0.3) is 0 Å². The third kappa shape index (κ3) is 6.16. The van der Waals surface area contributed by atoms with Crippen LogP contribution in [0, 0.1) is 6.92 Å². The summed E-state index contributed by atoms with van der Waals surface area (Å²) < 4.78 is 5.86. The van der Waals surface area contributed by atoms with Gasteiger partial charge in [0.25, 0.3) is 0 Å². The number of nitrogens with one attached hydrogen (secondary N) is 2. The van der Waals surface area contributed by atoms with E-state index in [-0.39, 0.29) is 0 Å². The van der Waals surface area contributed by atoms with E-state index in [0.717, 1.165) is 51.6 Å². The molecule has 0 atom stereocenters. The molecule has 0 unspecified atom stereocenters. The maximum absolute atomic E-state index is 5.86. The lowest BCUT2D eigenvalue weighted by Gasteiger charge is -2.27. The van der Waals surface area contributed by atoms with Gasteiger partial charge in [0.2, 0.25) is 0 Å². The zero-order chi connectivity index (χ0) is 17.3. The lowest BCUT2D eigenvalue weighted by atomic mass is 10.2. The highest BCUT2D eigenvalue weighted by molar-refractivity contribution is 5.28. The van der Waals surface area contributed by atoms with E-state index in [1.807, 2.05) is 0 Å². The molecule has 0 radical (unpaired) electrons. The molecule has 0 bridgehead atoms. The van der Waals surface area contributed by atoms with E-state index in [2.05, 4.69) is 71.0 Å². The molecule has 1 aliphatic rings. The summed E-state index contributed by atoms with van der Waals surface area (Å²) in [5.74, 6) is 0.921. The smallest absolute Gasteiger partial charge is 0.119 e. The Hall–Kier alpha value is -1.88. The molecule has 1 aliphatic heterocycles. The third-order valence-electron chi connectivity index (χ3n) is 4.59. The van der Waals surface area contributed by atoms with Crippen LogP contribution >= 0.6 is 0 Å². The summed E-state index contributed by atoms with van der Waals surface area (Å²) in [6, 6.07) is 16.9. The second kappa shape index (κ2) is 9.56. The number of hydrogen-bond acceptors (Lipinski definition) is 4. The predicted molar refractivity (Wildman–Crippen MR) is 103 cm³/mol. The molecule has 0 aliphatic carbocycles. The molecule has 25 heavy (non-hydrogen) atoms. The van der Waals surface area contributed by atoms with Crippen LogP contribution in [0.2, 0.25) is 0 Å². The highest BCUT2D eigenvalue weighted by Gasteiger charge is 2.07. The van der Waals surface area contributed by atoms with Crippen LogP contribution in [0.4, 0.5) is 0 Å². The number of piperazine rings is 1. The van der Waals surface area contributed by atoms with Crippen molar-refractivity contribution < 1.29 is 4.74 Å². The minimum Gasteiger partial charge on any atom is -0.489 e. The normalized spacial score (nSPS) is 15.2. The van der Waals surface area contributed by atoms with E-state index in [1.165, 1.54) is 16.7 Å². The number of aryl methyl sites for hydroxylation is 1. The third-order valence-corrected chi connectivity index (χ3v) is 4.59. The first-order valence-corrected chi connectivity index (χ1v) is 9.21. The molecule has 2 aromatic rings. The molecule has 3 rings (SSSR count). The number of nitrogens with zero attached hydrogens (tertiary/aromatic N) is 1. The first-order chi connectivity index (χ1) is 12.3. The summed E-state index contributed by atoms with van der Waals surface area (Å²) in [6.07, 6.45) is 0. The van der Waals surface area contributed by atoms with Crippen LogP contribution in [0.5, 0.6) is 5.75 Å². The SMILES string of the molecule is Cc1ccc(COc2ccc(CNCCN3CCNCC3)cc2)cc1. The van der Waals surface area contributed by atoms with Crippen LogP contribution in [0.1, 0.15) is 16.7 Å². The van der Waals surface area contributed by atoms with Crippen molar-refractivity contribution in [1.29, 1.82) is 0 Å². The Labute approximate surface area is 151 Å². The molecule has 0 spiro atoms. The summed E-state index contributed by atoms with van der Waals surface area (Å²) >= 11 is 0. The Morgan fingerprint density at radius 2 is 1.64 bits per heavy atom. The van der Waals surface area contributed by atoms with Gasteiger partial charge in [0.15, 0.2) is 0 Å². The summed E-state index contributed by atoms with van der Waals surface area (Å²) in [6.45, 7) is 10.3. The van der Waals surface area contributed by atoms with E-state index in [4.69, 9.17) is 4.74 Å². The fourth-order valence-corrected chi connectivity index (χ4v) is 2.96. The zero-order valence-electron chi connectivity index (χ0n) is 15.1. The molecule has 0 aromatic heterocycles. The van der Waals surface area contributed by atoms with Gasteiger partial charge in [-0.2, -0.15) is 0 Å². The Morgan fingerprint density at radius 3 is 2.36 bits per heavy atom. The number of benzene rings is 2. The second-order valence-electron chi connectivity index (χ2n) is 6.69. The van der Waals surface area contributed by atoms with Gasteiger partial charge in [0, 0.05) is 45.8 Å². The largest absolute Gasteiger partial charge is 0.489 e. The van der Waals surface area contributed by atoms with Crippen LogP contribution in [0.3, 0.4) is 0 Å². The molecular weight excluding hydrogens is 310 g/mol. The van der Waals surface area contributed by atoms with Crippen LogP contribution in [-0.2, 0) is 13.2 Å². The summed E-state index contributed by atoms with van der Waals surface area (Å²) in [7, 11) is 0.